The number of amides is 1. The van der Waals surface area contributed by atoms with Crippen LogP contribution in [0.5, 0.6) is 0 Å². The van der Waals surface area contributed by atoms with Gasteiger partial charge >= 0.3 is 0 Å². The van der Waals surface area contributed by atoms with Gasteiger partial charge < -0.3 is 5.73 Å². The number of hydrogen-bond acceptors (Lipinski definition) is 3. The fourth-order valence-corrected chi connectivity index (χ4v) is 0.279. The fourth-order valence-electron chi connectivity index (χ4n) is 0.279. The van der Waals surface area contributed by atoms with Crippen LogP contribution in [0.2, 0.25) is 0 Å². The van der Waals surface area contributed by atoms with Crippen molar-refractivity contribution in [3.63, 3.8) is 0 Å². The second-order valence-corrected chi connectivity index (χ2v) is 2.03. The summed E-state index contributed by atoms with van der Waals surface area (Å²) >= 11 is 0. The van der Waals surface area contributed by atoms with Crippen LogP contribution in [0.4, 0.5) is 0 Å². The lowest BCUT2D eigenvalue weighted by Gasteiger charge is -2.05. The monoisotopic (exact) mass is 132 g/mol. The molecule has 0 aromatic heterocycles. The molecule has 0 saturated carbocycles. The highest BCUT2D eigenvalue weighted by molar-refractivity contribution is 5.74. The van der Waals surface area contributed by atoms with Crippen LogP contribution in [0.3, 0.4) is 0 Å². The third-order valence-corrected chi connectivity index (χ3v) is 0.533. The highest BCUT2D eigenvalue weighted by Crippen LogP contribution is 1.74. The Morgan fingerprint density at radius 2 is 2.33 bits per heavy atom. The summed E-state index contributed by atoms with van der Waals surface area (Å²) in [5, 5.41) is 0. The van der Waals surface area contributed by atoms with E-state index in [9.17, 15) is 4.79 Å². The maximum atomic E-state index is 10.0. The molecule has 1 amide bonds. The quantitative estimate of drug-likeness (QED) is 0.502. The highest BCUT2D eigenvalue weighted by atomic mass is 16.6. The normalized spacial score (nSPS) is 10.1. The van der Waals surface area contributed by atoms with Crippen LogP contribution in [0.1, 0.15) is 13.8 Å². The van der Waals surface area contributed by atoms with E-state index in [1.54, 1.807) is 0 Å². The van der Waals surface area contributed by atoms with Gasteiger partial charge in [0.1, 0.15) is 6.61 Å². The lowest BCUT2D eigenvalue weighted by molar-refractivity contribution is -0.125. The van der Waals surface area contributed by atoms with E-state index < -0.39 is 5.91 Å². The van der Waals surface area contributed by atoms with E-state index in [4.69, 9.17) is 5.73 Å². The van der Waals surface area contributed by atoms with Crippen LogP contribution >= 0.6 is 0 Å². The third kappa shape index (κ3) is 7.39. The van der Waals surface area contributed by atoms with Gasteiger partial charge in [0.2, 0.25) is 5.91 Å². The number of carbonyl (C=O) groups excluding carboxylic acids is 1. The van der Waals surface area contributed by atoms with Crippen molar-refractivity contribution >= 4 is 5.91 Å². The Hall–Kier alpha value is -0.610. The first-order valence-electron chi connectivity index (χ1n) is 2.78. The van der Waals surface area contributed by atoms with Crippen LogP contribution in [0, 0.1) is 0 Å². The molecule has 0 unspecified atom stereocenters. The number of nitrogens with two attached hydrogens (primary N) is 1. The fraction of sp³-hybridized carbons (Fsp3) is 0.800. The molecule has 0 rings (SSSR count). The van der Waals surface area contributed by atoms with Crippen molar-refractivity contribution in [2.24, 2.45) is 5.73 Å². The SMILES string of the molecule is CC(C)NOCC(N)=O. The van der Waals surface area contributed by atoms with E-state index in [1.165, 1.54) is 0 Å². The van der Waals surface area contributed by atoms with Crippen LogP contribution in [-0.4, -0.2) is 18.6 Å². The topological polar surface area (TPSA) is 64.3 Å². The van der Waals surface area contributed by atoms with Gasteiger partial charge in [-0.2, -0.15) is 5.48 Å². The minimum absolute atomic E-state index is 0.0713. The molecule has 0 aliphatic rings. The minimum atomic E-state index is -0.469. The second kappa shape index (κ2) is 4.29. The molecule has 0 aromatic rings. The Morgan fingerprint density at radius 3 is 2.67 bits per heavy atom. The van der Waals surface area contributed by atoms with E-state index in [2.05, 4.69) is 10.3 Å². The Kier molecular flexibility index (Phi) is 4.00. The van der Waals surface area contributed by atoms with Gasteiger partial charge in [-0.3, -0.25) is 9.63 Å². The molecule has 0 atom stereocenters. The molecule has 0 saturated heterocycles. The third-order valence-electron chi connectivity index (χ3n) is 0.533. The average Bonchev–Trinajstić information content (AvgIpc) is 1.63. The van der Waals surface area contributed by atoms with Gasteiger partial charge in [0, 0.05) is 6.04 Å². The van der Waals surface area contributed by atoms with Crippen molar-refractivity contribution < 1.29 is 9.63 Å². The summed E-state index contributed by atoms with van der Waals surface area (Å²) in [5.74, 6) is -0.469. The molecule has 0 fully saturated rings. The molecular formula is C5H12N2O2. The lowest BCUT2D eigenvalue weighted by atomic mass is 10.4. The summed E-state index contributed by atoms with van der Waals surface area (Å²) in [6, 6.07) is 0.212. The summed E-state index contributed by atoms with van der Waals surface area (Å²) in [7, 11) is 0. The first-order valence-corrected chi connectivity index (χ1v) is 2.78. The number of carbonyl (C=O) groups is 1. The Bertz CT molecular complexity index is 93.0. The summed E-state index contributed by atoms with van der Waals surface area (Å²) in [6.07, 6.45) is 0. The van der Waals surface area contributed by atoms with E-state index >= 15 is 0 Å². The zero-order valence-electron chi connectivity index (χ0n) is 5.68. The van der Waals surface area contributed by atoms with Crippen molar-refractivity contribution in [1.29, 1.82) is 0 Å². The van der Waals surface area contributed by atoms with E-state index in [-0.39, 0.29) is 12.6 Å². The van der Waals surface area contributed by atoms with Crippen LogP contribution in [-0.2, 0) is 9.63 Å². The predicted octanol–water partition coefficient (Wildman–Crippen LogP) is -0.599. The molecule has 0 bridgehead atoms. The van der Waals surface area contributed by atoms with Crippen molar-refractivity contribution in [3.8, 4) is 0 Å². The van der Waals surface area contributed by atoms with Crippen molar-refractivity contribution in [1.82, 2.24) is 5.48 Å². The molecule has 0 aromatic carbocycles. The van der Waals surface area contributed by atoms with Crippen molar-refractivity contribution in [3.05, 3.63) is 0 Å². The van der Waals surface area contributed by atoms with E-state index in [1.807, 2.05) is 13.8 Å². The maximum Gasteiger partial charge on any atom is 0.245 e. The molecule has 0 spiro atoms. The van der Waals surface area contributed by atoms with Gasteiger partial charge in [-0.1, -0.05) is 0 Å². The number of primary amides is 1. The standard InChI is InChI=1S/C5H12N2O2/c1-4(2)7-9-3-5(6)8/h4,7H,3H2,1-2H3,(H2,6,8). The Balaban J connectivity index is 3.01. The highest BCUT2D eigenvalue weighted by Gasteiger charge is 1.94. The number of hydrogen-bond donors (Lipinski definition) is 2. The molecule has 0 aliphatic heterocycles. The molecule has 0 radical (unpaired) electrons. The smallest absolute Gasteiger partial charge is 0.245 e. The Morgan fingerprint density at radius 1 is 1.78 bits per heavy atom. The Labute approximate surface area is 54.3 Å². The average molecular weight is 132 g/mol. The molecule has 0 aliphatic carbocycles. The lowest BCUT2D eigenvalue weighted by Crippen LogP contribution is -2.28. The van der Waals surface area contributed by atoms with Gasteiger partial charge in [-0.05, 0) is 13.8 Å². The number of nitrogens with one attached hydrogen (secondary N) is 1. The summed E-state index contributed by atoms with van der Waals surface area (Å²) in [5.41, 5.74) is 7.35. The summed E-state index contributed by atoms with van der Waals surface area (Å²) in [4.78, 5) is 14.7. The minimum Gasteiger partial charge on any atom is -0.368 e. The molecule has 54 valence electrons. The van der Waals surface area contributed by atoms with E-state index in [0.717, 1.165) is 0 Å². The van der Waals surface area contributed by atoms with Crippen LogP contribution in [0.15, 0.2) is 0 Å². The van der Waals surface area contributed by atoms with Crippen LogP contribution < -0.4 is 11.2 Å². The van der Waals surface area contributed by atoms with Gasteiger partial charge in [-0.15, -0.1) is 0 Å². The second-order valence-electron chi connectivity index (χ2n) is 2.03. The first kappa shape index (κ1) is 8.39. The molecular weight excluding hydrogens is 120 g/mol. The zero-order chi connectivity index (χ0) is 7.28. The van der Waals surface area contributed by atoms with Gasteiger partial charge in [0.15, 0.2) is 0 Å². The number of hydroxylamine groups is 1. The largest absolute Gasteiger partial charge is 0.368 e. The molecule has 0 heterocycles. The molecule has 4 nitrogen and oxygen atoms in total. The zero-order valence-corrected chi connectivity index (χ0v) is 5.68. The van der Waals surface area contributed by atoms with Gasteiger partial charge in [-0.25, -0.2) is 0 Å². The van der Waals surface area contributed by atoms with E-state index in [0.29, 0.717) is 0 Å². The summed E-state index contributed by atoms with van der Waals surface area (Å²) in [6.45, 7) is 3.74. The van der Waals surface area contributed by atoms with Crippen molar-refractivity contribution in [2.45, 2.75) is 19.9 Å². The predicted molar refractivity (Wildman–Crippen MR) is 33.4 cm³/mol. The molecule has 3 N–H and O–H groups in total. The van der Waals surface area contributed by atoms with Gasteiger partial charge in [0.05, 0.1) is 0 Å². The molecule has 9 heavy (non-hydrogen) atoms. The van der Waals surface area contributed by atoms with Crippen molar-refractivity contribution in [2.75, 3.05) is 6.61 Å². The van der Waals surface area contributed by atoms with Gasteiger partial charge in [0.25, 0.3) is 0 Å². The maximum absolute atomic E-state index is 10.0. The molecule has 4 heteroatoms. The first-order chi connectivity index (χ1) is 4.13. The number of rotatable bonds is 4. The summed E-state index contributed by atoms with van der Waals surface area (Å²) < 4.78 is 0. The van der Waals surface area contributed by atoms with Crippen LogP contribution in [0.25, 0.3) is 0 Å².